The second-order valence-electron chi connectivity index (χ2n) is 3.56. The number of thioether (sulfide) groups is 1. The second-order valence-corrected chi connectivity index (χ2v) is 4.59. The van der Waals surface area contributed by atoms with Crippen LogP contribution in [0.4, 0.5) is 0 Å². The van der Waals surface area contributed by atoms with Crippen molar-refractivity contribution in [3.8, 4) is 0 Å². The molecule has 0 unspecified atom stereocenters. The quantitative estimate of drug-likeness (QED) is 0.777. The maximum absolute atomic E-state index is 4.14. The third-order valence-electron chi connectivity index (χ3n) is 2.25. The van der Waals surface area contributed by atoms with Gasteiger partial charge in [0.2, 0.25) is 0 Å². The van der Waals surface area contributed by atoms with Crippen molar-refractivity contribution in [2.45, 2.75) is 5.75 Å². The Morgan fingerprint density at radius 2 is 2.54 bits per heavy atom. The van der Waals surface area contributed by atoms with E-state index in [-0.39, 0.29) is 0 Å². The SMILES string of the molecule is Cn1cc(CSCC2CNC2)cn1. The Bertz CT molecular complexity index is 268. The largest absolute Gasteiger partial charge is 0.316 e. The van der Waals surface area contributed by atoms with Gasteiger partial charge in [-0.25, -0.2) is 0 Å². The molecule has 0 bridgehead atoms. The van der Waals surface area contributed by atoms with Crippen molar-refractivity contribution in [3.63, 3.8) is 0 Å². The molecule has 72 valence electrons. The van der Waals surface area contributed by atoms with Gasteiger partial charge < -0.3 is 5.32 Å². The molecule has 3 nitrogen and oxygen atoms in total. The van der Waals surface area contributed by atoms with Crippen LogP contribution in [0.25, 0.3) is 0 Å². The van der Waals surface area contributed by atoms with E-state index in [1.54, 1.807) is 0 Å². The lowest BCUT2D eigenvalue weighted by atomic mass is 10.1. The standard InChI is InChI=1S/C9H15N3S/c1-12-5-9(4-11-12)7-13-6-8-2-10-3-8/h4-5,8,10H,2-3,6-7H2,1H3. The third-order valence-corrected chi connectivity index (χ3v) is 3.49. The van der Waals surface area contributed by atoms with Crippen LogP contribution in [0.5, 0.6) is 0 Å². The summed E-state index contributed by atoms with van der Waals surface area (Å²) in [4.78, 5) is 0. The van der Waals surface area contributed by atoms with Crippen molar-refractivity contribution in [1.29, 1.82) is 0 Å². The molecule has 1 aliphatic rings. The van der Waals surface area contributed by atoms with Crippen LogP contribution in [-0.2, 0) is 12.8 Å². The highest BCUT2D eigenvalue weighted by Gasteiger charge is 2.15. The average Bonchev–Trinajstić information content (AvgIpc) is 2.42. The van der Waals surface area contributed by atoms with Crippen LogP contribution >= 0.6 is 11.8 Å². The normalized spacial score (nSPS) is 17.3. The first-order valence-electron chi connectivity index (χ1n) is 4.60. The average molecular weight is 197 g/mol. The smallest absolute Gasteiger partial charge is 0.0530 e. The number of rotatable bonds is 4. The fourth-order valence-corrected chi connectivity index (χ4v) is 2.43. The zero-order valence-corrected chi connectivity index (χ0v) is 8.68. The van der Waals surface area contributed by atoms with Crippen LogP contribution in [0, 0.1) is 5.92 Å². The minimum absolute atomic E-state index is 0.904. The molecule has 1 aromatic rings. The van der Waals surface area contributed by atoms with Crippen molar-refractivity contribution in [1.82, 2.24) is 15.1 Å². The van der Waals surface area contributed by atoms with E-state index in [1.165, 1.54) is 24.4 Å². The molecule has 13 heavy (non-hydrogen) atoms. The van der Waals surface area contributed by atoms with Gasteiger partial charge in [0.1, 0.15) is 0 Å². The molecule has 0 atom stereocenters. The van der Waals surface area contributed by atoms with Gasteiger partial charge in [0.15, 0.2) is 0 Å². The lowest BCUT2D eigenvalue weighted by Gasteiger charge is -2.26. The predicted molar refractivity (Wildman–Crippen MR) is 55.7 cm³/mol. The number of nitrogens with zero attached hydrogens (tertiary/aromatic N) is 2. The van der Waals surface area contributed by atoms with E-state index in [9.17, 15) is 0 Å². The Balaban J connectivity index is 1.67. The molecule has 0 aromatic carbocycles. The molecule has 2 rings (SSSR count). The van der Waals surface area contributed by atoms with Crippen molar-refractivity contribution in [3.05, 3.63) is 18.0 Å². The minimum Gasteiger partial charge on any atom is -0.316 e. The molecule has 1 fully saturated rings. The molecule has 1 aliphatic heterocycles. The molecule has 4 heteroatoms. The monoisotopic (exact) mass is 197 g/mol. The van der Waals surface area contributed by atoms with Gasteiger partial charge in [-0.3, -0.25) is 4.68 Å². The van der Waals surface area contributed by atoms with Crippen LogP contribution in [0.1, 0.15) is 5.56 Å². The lowest BCUT2D eigenvalue weighted by molar-refractivity contribution is 0.385. The summed E-state index contributed by atoms with van der Waals surface area (Å²) in [5, 5.41) is 7.42. The molecule has 0 radical (unpaired) electrons. The summed E-state index contributed by atoms with van der Waals surface area (Å²) in [5.41, 5.74) is 1.33. The summed E-state index contributed by atoms with van der Waals surface area (Å²) in [5.74, 6) is 3.29. The van der Waals surface area contributed by atoms with Crippen molar-refractivity contribution in [2.24, 2.45) is 13.0 Å². The number of hydrogen-bond acceptors (Lipinski definition) is 3. The molecular formula is C9H15N3S. The van der Waals surface area contributed by atoms with E-state index in [4.69, 9.17) is 0 Å². The molecule has 2 heterocycles. The van der Waals surface area contributed by atoms with Crippen molar-refractivity contribution in [2.75, 3.05) is 18.8 Å². The van der Waals surface area contributed by atoms with Crippen molar-refractivity contribution >= 4 is 11.8 Å². The fourth-order valence-electron chi connectivity index (χ4n) is 1.36. The minimum atomic E-state index is 0.904. The highest BCUT2D eigenvalue weighted by atomic mass is 32.2. The molecule has 1 N–H and O–H groups in total. The second kappa shape index (κ2) is 4.15. The van der Waals surface area contributed by atoms with E-state index in [1.807, 2.05) is 29.7 Å². The zero-order chi connectivity index (χ0) is 9.10. The lowest BCUT2D eigenvalue weighted by Crippen LogP contribution is -2.43. The van der Waals surface area contributed by atoms with Crippen LogP contribution < -0.4 is 5.32 Å². The molecular weight excluding hydrogens is 182 g/mol. The van der Waals surface area contributed by atoms with Gasteiger partial charge in [0, 0.05) is 19.0 Å². The summed E-state index contributed by atoms with van der Waals surface area (Å²) in [6, 6.07) is 0. The molecule has 1 aromatic heterocycles. The summed E-state index contributed by atoms with van der Waals surface area (Å²) in [6.45, 7) is 2.42. The predicted octanol–water partition coefficient (Wildman–Crippen LogP) is 0.873. The Morgan fingerprint density at radius 1 is 1.69 bits per heavy atom. The first-order chi connectivity index (χ1) is 6.34. The fraction of sp³-hybridized carbons (Fsp3) is 0.667. The molecule has 1 saturated heterocycles. The van der Waals surface area contributed by atoms with E-state index < -0.39 is 0 Å². The van der Waals surface area contributed by atoms with Gasteiger partial charge in [0.05, 0.1) is 6.20 Å². The van der Waals surface area contributed by atoms with E-state index in [2.05, 4.69) is 16.6 Å². The van der Waals surface area contributed by atoms with E-state index in [0.717, 1.165) is 11.7 Å². The Labute approximate surface area is 82.9 Å². The Hall–Kier alpha value is -0.480. The van der Waals surface area contributed by atoms with Gasteiger partial charge in [-0.05, 0) is 30.3 Å². The maximum atomic E-state index is 4.14. The van der Waals surface area contributed by atoms with E-state index in [0.29, 0.717) is 0 Å². The van der Waals surface area contributed by atoms with Crippen LogP contribution in [0.15, 0.2) is 12.4 Å². The first-order valence-corrected chi connectivity index (χ1v) is 5.76. The van der Waals surface area contributed by atoms with Gasteiger partial charge in [-0.15, -0.1) is 0 Å². The van der Waals surface area contributed by atoms with Gasteiger partial charge in [-0.2, -0.15) is 16.9 Å². The highest BCUT2D eigenvalue weighted by Crippen LogP contribution is 2.16. The van der Waals surface area contributed by atoms with Crippen molar-refractivity contribution < 1.29 is 0 Å². The topological polar surface area (TPSA) is 29.9 Å². The molecule has 0 saturated carbocycles. The Morgan fingerprint density at radius 3 is 3.08 bits per heavy atom. The summed E-state index contributed by atoms with van der Waals surface area (Å²) in [6.07, 6.45) is 4.04. The molecule has 0 amide bonds. The molecule has 0 spiro atoms. The zero-order valence-electron chi connectivity index (χ0n) is 7.86. The summed E-state index contributed by atoms with van der Waals surface area (Å²) >= 11 is 2.01. The first kappa shape index (κ1) is 9.09. The summed E-state index contributed by atoms with van der Waals surface area (Å²) < 4.78 is 1.86. The number of nitrogens with one attached hydrogen (secondary N) is 1. The van der Waals surface area contributed by atoms with Gasteiger partial charge >= 0.3 is 0 Å². The van der Waals surface area contributed by atoms with Crippen LogP contribution in [0.2, 0.25) is 0 Å². The van der Waals surface area contributed by atoms with Crippen LogP contribution in [-0.4, -0.2) is 28.6 Å². The van der Waals surface area contributed by atoms with E-state index >= 15 is 0 Å². The van der Waals surface area contributed by atoms with Gasteiger partial charge in [0.25, 0.3) is 0 Å². The number of aryl methyl sites for hydroxylation is 1. The maximum Gasteiger partial charge on any atom is 0.0530 e. The van der Waals surface area contributed by atoms with Crippen LogP contribution in [0.3, 0.4) is 0 Å². The number of aromatic nitrogens is 2. The van der Waals surface area contributed by atoms with Gasteiger partial charge in [-0.1, -0.05) is 0 Å². The summed E-state index contributed by atoms with van der Waals surface area (Å²) in [7, 11) is 1.96. The Kier molecular flexibility index (Phi) is 2.90. The third kappa shape index (κ3) is 2.48. The molecule has 0 aliphatic carbocycles. The highest BCUT2D eigenvalue weighted by molar-refractivity contribution is 7.98. The number of hydrogen-bond donors (Lipinski definition) is 1.